The Hall–Kier alpha value is -10.5. The second-order valence-electron chi connectivity index (χ2n) is 26.9. The van der Waals surface area contributed by atoms with Crippen LogP contribution in [-0.2, 0) is 82.2 Å². The number of morpholine rings is 3. The zero-order valence-corrected chi connectivity index (χ0v) is 59.5. The maximum absolute atomic E-state index is 14.6. The number of anilines is 3. The summed E-state index contributed by atoms with van der Waals surface area (Å²) in [5.74, 6) is -4.52. The number of nitrogens with one attached hydrogen (secondary N) is 6. The van der Waals surface area contributed by atoms with Crippen LogP contribution in [0.5, 0.6) is 17.2 Å². The number of halogens is 3. The summed E-state index contributed by atoms with van der Waals surface area (Å²) in [6.07, 6.45) is -0.225. The lowest BCUT2D eigenvalue weighted by molar-refractivity contribution is -0.138. The van der Waals surface area contributed by atoms with E-state index >= 15 is 0 Å². The number of carbonyl (C=O) groups excluding carboxylic acids is 9. The first-order chi connectivity index (χ1) is 53.5. The third-order valence-electron chi connectivity index (χ3n) is 20.0. The molecule has 0 radical (unpaired) electrons. The summed E-state index contributed by atoms with van der Waals surface area (Å²) < 4.78 is 103. The van der Waals surface area contributed by atoms with Crippen LogP contribution < -0.4 is 46.1 Å². The van der Waals surface area contributed by atoms with E-state index in [-0.39, 0.29) is 95.2 Å². The molecule has 0 aliphatic carbocycles. The Kier molecular flexibility index (Phi) is 23.6. The molecule has 9 aliphatic heterocycles. The van der Waals surface area contributed by atoms with Gasteiger partial charge < -0.3 is 59.1 Å². The lowest BCUT2D eigenvalue weighted by Crippen LogP contribution is -2.52. The molecule has 0 bridgehead atoms. The van der Waals surface area contributed by atoms with Crippen molar-refractivity contribution in [2.24, 2.45) is 0 Å². The second kappa shape index (κ2) is 35.5. The summed E-state index contributed by atoms with van der Waals surface area (Å²) in [6, 6.07) is 23.6. The highest BCUT2D eigenvalue weighted by molar-refractivity contribution is 6.08. The average Bonchev–Trinajstić information content (AvgIpc) is 1.61. The molecule has 0 saturated carbocycles. The van der Waals surface area contributed by atoms with E-state index in [0.29, 0.717) is 144 Å². The predicted octanol–water partition coefficient (Wildman–Crippen LogP) is 5.73. The number of ether oxygens (including phenoxy) is 6. The first kappa shape index (κ1) is 71.7. The summed E-state index contributed by atoms with van der Waals surface area (Å²) in [6.45, 7) is 13.8. The third-order valence-corrected chi connectivity index (χ3v) is 20.0. The minimum Gasteiger partial charge on any atom is -0.492 e. The molecule has 9 heterocycles. The van der Waals surface area contributed by atoms with Crippen LogP contribution in [0.1, 0.15) is 107 Å². The van der Waals surface area contributed by atoms with Crippen LogP contribution in [0.2, 0.25) is 0 Å². The number of carbonyl (C=O) groups is 9. The molecule has 9 aliphatic rings. The van der Waals surface area contributed by atoms with Gasteiger partial charge >= 0.3 is 0 Å². The maximum atomic E-state index is 14.6. The van der Waals surface area contributed by atoms with E-state index in [0.717, 1.165) is 58.9 Å². The Morgan fingerprint density at radius 3 is 0.944 bits per heavy atom. The van der Waals surface area contributed by atoms with Crippen molar-refractivity contribution in [1.29, 1.82) is 0 Å². The Labute approximate surface area is 626 Å². The molecule has 15 rings (SSSR count). The summed E-state index contributed by atoms with van der Waals surface area (Å²) in [7, 11) is 0. The second-order valence-corrected chi connectivity index (χ2v) is 26.9. The summed E-state index contributed by atoms with van der Waals surface area (Å²) >= 11 is 0. The van der Waals surface area contributed by atoms with Gasteiger partial charge in [0.25, 0.3) is 17.7 Å². The number of rotatable bonds is 24. The Balaban J connectivity index is 0.000000146. The fraction of sp³-hybridized carbons (Fsp3) is 0.423. The molecule has 6 saturated heterocycles. The number of piperidine rings is 3. The van der Waals surface area contributed by atoms with Gasteiger partial charge in [-0.2, -0.15) is 0 Å². The number of imide groups is 3. The van der Waals surface area contributed by atoms with Crippen LogP contribution in [-0.4, -0.2) is 219 Å². The van der Waals surface area contributed by atoms with Crippen molar-refractivity contribution in [3.63, 3.8) is 0 Å². The SMILES string of the molecule is [2H]C1(N2Cc3c(NCc4cc(OCCN5CCOCC5)ccc4F)cccc3C2=O)CCC(=O)NC1=O.[2H][C@@]1(N2Cc3c(NCc4cc(OCCN5CCOCC5)ccc4F)cccc3C2=O)CCC(=O)NC1=O.[2H][C@]1(N2Cc3c(NCc4cc(OCCN5CCOCC5)ccc4F)cccc3C2=O)CCC(=O)NC1=O. The molecule has 108 heavy (non-hydrogen) atoms. The molecule has 30 heteroatoms. The van der Waals surface area contributed by atoms with Crippen molar-refractivity contribution in [1.82, 2.24) is 45.3 Å². The molecular weight excluding hydrogens is 1400 g/mol. The summed E-state index contributed by atoms with van der Waals surface area (Å²) in [5.41, 5.74) is 6.07. The van der Waals surface area contributed by atoms with Crippen LogP contribution in [0, 0.1) is 17.5 Å². The normalized spacial score (nSPS) is 22.8. The molecular formula is C78H87F3N12O15. The van der Waals surface area contributed by atoms with Crippen LogP contribution in [0.4, 0.5) is 30.2 Å². The maximum Gasteiger partial charge on any atom is 0.255 e. The number of hydrogen-bond acceptors (Lipinski definition) is 21. The zero-order chi connectivity index (χ0) is 78.0. The predicted molar refractivity (Wildman–Crippen MR) is 387 cm³/mol. The molecule has 6 N–H and O–H groups in total. The van der Waals surface area contributed by atoms with E-state index in [1.54, 1.807) is 91.0 Å². The molecule has 6 aromatic rings. The lowest BCUT2D eigenvalue weighted by Gasteiger charge is -2.29. The van der Waals surface area contributed by atoms with Gasteiger partial charge in [0.05, 0.1) is 43.8 Å². The molecule has 3 atom stereocenters. The van der Waals surface area contributed by atoms with Gasteiger partial charge in [0, 0.05) is 185 Å². The first-order valence-electron chi connectivity index (χ1n) is 37.8. The van der Waals surface area contributed by atoms with Gasteiger partial charge in [0.1, 0.15) is 72.6 Å². The molecule has 0 aromatic heterocycles. The van der Waals surface area contributed by atoms with E-state index in [1.165, 1.54) is 32.9 Å². The lowest BCUT2D eigenvalue weighted by atomic mass is 10.0. The van der Waals surface area contributed by atoms with Gasteiger partial charge in [-0.1, -0.05) is 18.2 Å². The number of hydrogen-bond donors (Lipinski definition) is 6. The Morgan fingerprint density at radius 1 is 0.398 bits per heavy atom. The quantitative estimate of drug-likeness (QED) is 0.0394. The fourth-order valence-electron chi connectivity index (χ4n) is 14.0. The monoisotopic (exact) mass is 1490 g/mol. The van der Waals surface area contributed by atoms with E-state index < -0.39 is 71.2 Å². The minimum atomic E-state index is -1.86. The van der Waals surface area contributed by atoms with Crippen molar-refractivity contribution in [2.75, 3.05) is 134 Å². The van der Waals surface area contributed by atoms with Crippen molar-refractivity contribution in [2.45, 2.75) is 95.8 Å². The third kappa shape index (κ3) is 18.5. The average molecular weight is 1490 g/mol. The highest BCUT2D eigenvalue weighted by Gasteiger charge is 2.43. The number of amides is 9. The molecule has 9 amide bonds. The molecule has 27 nitrogen and oxygen atoms in total. The molecule has 6 fully saturated rings. The van der Waals surface area contributed by atoms with Crippen molar-refractivity contribution >= 4 is 70.2 Å². The van der Waals surface area contributed by atoms with Crippen LogP contribution in [0.25, 0.3) is 0 Å². The topological polar surface area (TPSA) is 301 Å². The van der Waals surface area contributed by atoms with Gasteiger partial charge in [0.15, 0.2) is 0 Å². The van der Waals surface area contributed by atoms with E-state index in [4.69, 9.17) is 32.5 Å². The van der Waals surface area contributed by atoms with Crippen LogP contribution in [0.3, 0.4) is 0 Å². The minimum absolute atomic E-state index is 0.00932. The van der Waals surface area contributed by atoms with E-state index in [1.807, 2.05) is 0 Å². The number of nitrogens with zero attached hydrogens (tertiary/aromatic N) is 6. The van der Waals surface area contributed by atoms with Crippen LogP contribution >= 0.6 is 0 Å². The van der Waals surface area contributed by atoms with Crippen molar-refractivity contribution < 1.29 is 88.9 Å². The molecule has 0 spiro atoms. The molecule has 6 aromatic carbocycles. The van der Waals surface area contributed by atoms with Crippen molar-refractivity contribution in [3.05, 3.63) is 177 Å². The van der Waals surface area contributed by atoms with Crippen LogP contribution in [0.15, 0.2) is 109 Å². The summed E-state index contributed by atoms with van der Waals surface area (Å²) in [5, 5.41) is 16.1. The zero-order valence-electron chi connectivity index (χ0n) is 62.5. The number of benzene rings is 6. The van der Waals surface area contributed by atoms with Gasteiger partial charge in [-0.25, -0.2) is 13.2 Å². The highest BCUT2D eigenvalue weighted by Crippen LogP contribution is 2.37. The smallest absolute Gasteiger partial charge is 0.255 e. The van der Waals surface area contributed by atoms with E-state index in [9.17, 15) is 56.3 Å². The Bertz CT molecular complexity index is 4110. The molecule has 570 valence electrons. The largest absolute Gasteiger partial charge is 0.492 e. The van der Waals surface area contributed by atoms with Gasteiger partial charge in [-0.05, 0) is 110 Å². The number of fused-ring (bicyclic) bond motifs is 3. The fourth-order valence-corrected chi connectivity index (χ4v) is 14.0. The highest BCUT2D eigenvalue weighted by atomic mass is 19.1. The van der Waals surface area contributed by atoms with E-state index in [2.05, 4.69) is 46.6 Å². The van der Waals surface area contributed by atoms with Gasteiger partial charge in [0.2, 0.25) is 35.4 Å². The molecule has 1 unspecified atom stereocenters. The van der Waals surface area contributed by atoms with Crippen molar-refractivity contribution in [3.8, 4) is 17.2 Å². The van der Waals surface area contributed by atoms with Gasteiger partial charge in [-0.3, -0.25) is 73.8 Å². The summed E-state index contributed by atoms with van der Waals surface area (Å²) in [4.78, 5) is 122. The van der Waals surface area contributed by atoms with Gasteiger partial charge in [-0.15, -0.1) is 0 Å². The standard InChI is InChI=1S/3C26H29FN4O5/c3*27-21-5-4-18(36-13-10-30-8-11-35-12-9-30)14-17(21)15-28-22-3-1-2-19-20(22)16-31(26(19)34)23-6-7-24(32)29-25(23)33/h3*1-5,14,23,28H,6-13,15-16H2,(H,29,32,33)/t2*23-;/m10./s1/i3*23D. The Morgan fingerprint density at radius 2 is 0.676 bits per heavy atom. The first-order valence-corrected chi connectivity index (χ1v) is 36.3.